The molecule has 0 saturated carbocycles. The van der Waals surface area contributed by atoms with Gasteiger partial charge in [0.1, 0.15) is 0 Å². The van der Waals surface area contributed by atoms with Crippen LogP contribution in [0.3, 0.4) is 0 Å². The second kappa shape index (κ2) is 11.4. The molecule has 0 bridgehead atoms. The maximum Gasteiger partial charge on any atom is 0.373 e. The summed E-state index contributed by atoms with van der Waals surface area (Å²) in [5.41, 5.74) is 0. The number of hydrogen-bond donors (Lipinski definition) is 1. The number of aliphatic carboxylic acids is 1. The molecule has 0 aliphatic carbocycles. The molecular formula is C7H10O4. The van der Waals surface area contributed by atoms with Gasteiger partial charge in [-0.15, -0.1) is 6.58 Å². The Morgan fingerprint density at radius 1 is 1.55 bits per heavy atom. The van der Waals surface area contributed by atoms with Crippen molar-refractivity contribution in [1.82, 2.24) is 0 Å². The van der Waals surface area contributed by atoms with Crippen LogP contribution in [-0.4, -0.2) is 17.2 Å². The zero-order valence-corrected chi connectivity index (χ0v) is 6.08. The second-order valence-electron chi connectivity index (χ2n) is 1.66. The highest BCUT2D eigenvalue weighted by Crippen LogP contribution is 1.93. The summed E-state index contributed by atoms with van der Waals surface area (Å²) < 4.78 is 0. The van der Waals surface area contributed by atoms with Crippen molar-refractivity contribution in [2.45, 2.75) is 19.3 Å². The van der Waals surface area contributed by atoms with Gasteiger partial charge >= 0.3 is 12.1 Å². The minimum absolute atomic E-state index is 0.250. The summed E-state index contributed by atoms with van der Waals surface area (Å²) in [7, 11) is 0. The van der Waals surface area contributed by atoms with Crippen LogP contribution in [-0.2, 0) is 14.4 Å². The van der Waals surface area contributed by atoms with Crippen LogP contribution >= 0.6 is 0 Å². The Morgan fingerprint density at radius 3 is 2.27 bits per heavy atom. The van der Waals surface area contributed by atoms with E-state index in [4.69, 9.17) is 14.7 Å². The average molecular weight is 158 g/mol. The van der Waals surface area contributed by atoms with Crippen molar-refractivity contribution in [1.29, 1.82) is 0 Å². The molecule has 0 rings (SSSR count). The largest absolute Gasteiger partial charge is 0.481 e. The fourth-order valence-electron chi connectivity index (χ4n) is 0.398. The Morgan fingerprint density at radius 2 is 2.00 bits per heavy atom. The molecule has 62 valence electrons. The summed E-state index contributed by atoms with van der Waals surface area (Å²) in [4.78, 5) is 26.1. The van der Waals surface area contributed by atoms with E-state index in [-0.39, 0.29) is 12.6 Å². The molecule has 0 atom stereocenters. The van der Waals surface area contributed by atoms with E-state index in [1.165, 1.54) is 0 Å². The minimum Gasteiger partial charge on any atom is -0.481 e. The second-order valence-corrected chi connectivity index (χ2v) is 1.66. The first-order chi connectivity index (χ1) is 5.18. The van der Waals surface area contributed by atoms with Crippen molar-refractivity contribution in [2.75, 3.05) is 0 Å². The molecule has 4 heteroatoms. The zero-order chi connectivity index (χ0) is 9.11. The molecular weight excluding hydrogens is 148 g/mol. The Kier molecular flexibility index (Phi) is 12.7. The SMILES string of the molecule is C=CCCCC(=O)O.O=C=O. The van der Waals surface area contributed by atoms with Crippen LogP contribution in [0.5, 0.6) is 0 Å². The van der Waals surface area contributed by atoms with Crippen molar-refractivity contribution < 1.29 is 19.5 Å². The number of carboxylic acid groups (broad SMARTS) is 1. The normalized spacial score (nSPS) is 6.91. The lowest BCUT2D eigenvalue weighted by Gasteiger charge is -1.87. The predicted molar refractivity (Wildman–Crippen MR) is 36.7 cm³/mol. The Bertz CT molecular complexity index is 145. The van der Waals surface area contributed by atoms with E-state index in [1.54, 1.807) is 6.08 Å². The molecule has 0 spiro atoms. The van der Waals surface area contributed by atoms with Gasteiger partial charge < -0.3 is 5.11 Å². The van der Waals surface area contributed by atoms with Gasteiger partial charge in [-0.2, -0.15) is 9.59 Å². The summed E-state index contributed by atoms with van der Waals surface area (Å²) in [6.45, 7) is 3.46. The highest BCUT2D eigenvalue weighted by molar-refractivity contribution is 5.66. The van der Waals surface area contributed by atoms with Crippen molar-refractivity contribution in [3.63, 3.8) is 0 Å². The molecule has 1 N–H and O–H groups in total. The fraction of sp³-hybridized carbons (Fsp3) is 0.429. The molecule has 0 aliphatic heterocycles. The first kappa shape index (κ1) is 12.3. The average Bonchev–Trinajstić information content (AvgIpc) is 1.89. The van der Waals surface area contributed by atoms with Gasteiger partial charge in [-0.3, -0.25) is 4.79 Å². The van der Waals surface area contributed by atoms with Crippen LogP contribution in [0.15, 0.2) is 12.7 Å². The van der Waals surface area contributed by atoms with Crippen LogP contribution in [0, 0.1) is 0 Å². The standard InChI is InChI=1S/C6H10O2.CO2/c1-2-3-4-5-6(7)8;2-1-3/h2H,1,3-5H2,(H,7,8);. The number of rotatable bonds is 4. The molecule has 0 radical (unpaired) electrons. The van der Waals surface area contributed by atoms with E-state index in [1.807, 2.05) is 0 Å². The third-order valence-electron chi connectivity index (χ3n) is 0.799. The van der Waals surface area contributed by atoms with E-state index in [0.29, 0.717) is 6.42 Å². The lowest BCUT2D eigenvalue weighted by atomic mass is 10.2. The van der Waals surface area contributed by atoms with Crippen LogP contribution < -0.4 is 0 Å². The first-order valence-corrected chi connectivity index (χ1v) is 3.01. The number of unbranched alkanes of at least 4 members (excludes halogenated alkanes) is 1. The van der Waals surface area contributed by atoms with Crippen LogP contribution in [0.25, 0.3) is 0 Å². The van der Waals surface area contributed by atoms with Crippen molar-refractivity contribution in [3.8, 4) is 0 Å². The third kappa shape index (κ3) is 28.9. The summed E-state index contributed by atoms with van der Waals surface area (Å²) in [5.74, 6) is -0.730. The summed E-state index contributed by atoms with van der Waals surface area (Å²) in [6, 6.07) is 0. The van der Waals surface area contributed by atoms with Gasteiger partial charge in [0.05, 0.1) is 0 Å². The zero-order valence-electron chi connectivity index (χ0n) is 6.08. The van der Waals surface area contributed by atoms with Gasteiger partial charge in [0.15, 0.2) is 0 Å². The lowest BCUT2D eigenvalue weighted by Crippen LogP contribution is -1.92. The molecule has 0 amide bonds. The molecule has 11 heavy (non-hydrogen) atoms. The molecule has 0 unspecified atom stereocenters. The molecule has 0 heterocycles. The summed E-state index contributed by atoms with van der Waals surface area (Å²) >= 11 is 0. The van der Waals surface area contributed by atoms with Crippen molar-refractivity contribution in [2.24, 2.45) is 0 Å². The first-order valence-electron chi connectivity index (χ1n) is 3.01. The minimum atomic E-state index is -0.730. The van der Waals surface area contributed by atoms with Gasteiger partial charge in [-0.05, 0) is 12.8 Å². The topological polar surface area (TPSA) is 71.4 Å². The Balaban J connectivity index is 0. The summed E-state index contributed by atoms with van der Waals surface area (Å²) in [5, 5.41) is 8.11. The maximum absolute atomic E-state index is 9.84. The number of carboxylic acids is 1. The van der Waals surface area contributed by atoms with Crippen molar-refractivity contribution >= 4 is 12.1 Å². The fourth-order valence-corrected chi connectivity index (χ4v) is 0.398. The van der Waals surface area contributed by atoms with Crippen LogP contribution in [0.1, 0.15) is 19.3 Å². The quantitative estimate of drug-likeness (QED) is 0.486. The third-order valence-corrected chi connectivity index (χ3v) is 0.799. The van der Waals surface area contributed by atoms with Gasteiger partial charge in [-0.25, -0.2) is 0 Å². The Labute approximate surface area is 64.5 Å². The number of carbonyl (C=O) groups is 1. The smallest absolute Gasteiger partial charge is 0.373 e. The lowest BCUT2D eigenvalue weighted by molar-refractivity contribution is -0.191. The molecule has 4 nitrogen and oxygen atoms in total. The van der Waals surface area contributed by atoms with Crippen molar-refractivity contribution in [3.05, 3.63) is 12.7 Å². The van der Waals surface area contributed by atoms with Gasteiger partial charge in [0, 0.05) is 6.42 Å². The molecule has 0 aliphatic rings. The highest BCUT2D eigenvalue weighted by Gasteiger charge is 1.91. The molecule has 0 saturated heterocycles. The van der Waals surface area contributed by atoms with E-state index in [2.05, 4.69) is 6.58 Å². The molecule has 0 fully saturated rings. The number of carbonyl (C=O) groups excluding carboxylic acids is 2. The van der Waals surface area contributed by atoms with Crippen LogP contribution in [0.2, 0.25) is 0 Å². The van der Waals surface area contributed by atoms with E-state index >= 15 is 0 Å². The van der Waals surface area contributed by atoms with E-state index in [9.17, 15) is 4.79 Å². The predicted octanol–water partition coefficient (Wildman–Crippen LogP) is 0.844. The number of allylic oxidation sites excluding steroid dienone is 1. The monoisotopic (exact) mass is 158 g/mol. The molecule has 0 aromatic rings. The van der Waals surface area contributed by atoms with Gasteiger partial charge in [-0.1, -0.05) is 6.08 Å². The van der Waals surface area contributed by atoms with Gasteiger partial charge in [0.2, 0.25) is 0 Å². The summed E-state index contributed by atoms with van der Waals surface area (Å²) in [6.07, 6.45) is 3.74. The number of hydrogen-bond acceptors (Lipinski definition) is 3. The Hall–Kier alpha value is -1.41. The highest BCUT2D eigenvalue weighted by atomic mass is 16.4. The van der Waals surface area contributed by atoms with E-state index < -0.39 is 5.97 Å². The van der Waals surface area contributed by atoms with Gasteiger partial charge in [0.25, 0.3) is 0 Å². The van der Waals surface area contributed by atoms with Crippen LogP contribution in [0.4, 0.5) is 0 Å². The molecule has 0 aromatic heterocycles. The molecule has 0 aromatic carbocycles. The maximum atomic E-state index is 9.84. The van der Waals surface area contributed by atoms with E-state index in [0.717, 1.165) is 6.42 Å².